The molecule has 0 amide bonds. The van der Waals surface area contributed by atoms with Gasteiger partial charge >= 0.3 is 0 Å². The number of para-hydroxylation sites is 1. The minimum Gasteiger partial charge on any atom is -0.377 e. The third-order valence-electron chi connectivity index (χ3n) is 2.65. The van der Waals surface area contributed by atoms with Gasteiger partial charge in [-0.25, -0.2) is 0 Å². The van der Waals surface area contributed by atoms with Crippen LogP contribution in [0.25, 0.3) is 10.9 Å². The number of hydrogen-bond donors (Lipinski definition) is 1. The first-order valence-electron chi connectivity index (χ1n) is 5.59. The number of aromatic amines is 1. The highest BCUT2D eigenvalue weighted by Crippen LogP contribution is 2.17. The van der Waals surface area contributed by atoms with Gasteiger partial charge in [-0.05, 0) is 6.07 Å². The highest BCUT2D eigenvalue weighted by atomic mass is 16.5. The number of nitrogens with zero attached hydrogens (tertiary/aromatic N) is 3. The first-order chi connectivity index (χ1) is 8.86. The van der Waals surface area contributed by atoms with Crippen molar-refractivity contribution in [2.75, 3.05) is 7.11 Å². The highest BCUT2D eigenvalue weighted by molar-refractivity contribution is 5.81. The molecule has 0 saturated heterocycles. The van der Waals surface area contributed by atoms with Crippen LogP contribution in [0.1, 0.15) is 17.4 Å². The molecule has 0 fully saturated rings. The predicted molar refractivity (Wildman–Crippen MR) is 63.9 cm³/mol. The van der Waals surface area contributed by atoms with Gasteiger partial charge in [-0.1, -0.05) is 23.4 Å². The second-order valence-corrected chi connectivity index (χ2v) is 3.93. The van der Waals surface area contributed by atoms with Gasteiger partial charge in [0.2, 0.25) is 5.89 Å². The summed E-state index contributed by atoms with van der Waals surface area (Å²) in [6, 6.07) is 7.90. The molecule has 18 heavy (non-hydrogen) atoms. The van der Waals surface area contributed by atoms with Gasteiger partial charge in [-0.3, -0.25) is 5.10 Å². The summed E-state index contributed by atoms with van der Waals surface area (Å²) >= 11 is 0. The van der Waals surface area contributed by atoms with Gasteiger partial charge in [-0.2, -0.15) is 10.1 Å². The van der Waals surface area contributed by atoms with Crippen LogP contribution in [0, 0.1) is 0 Å². The van der Waals surface area contributed by atoms with E-state index in [0.29, 0.717) is 24.7 Å². The van der Waals surface area contributed by atoms with Crippen LogP contribution >= 0.6 is 0 Å². The molecule has 2 heterocycles. The van der Waals surface area contributed by atoms with Crippen LogP contribution in [-0.2, 0) is 17.8 Å². The molecule has 0 aliphatic heterocycles. The Kier molecular flexibility index (Phi) is 2.77. The fourth-order valence-electron chi connectivity index (χ4n) is 1.85. The minimum atomic E-state index is 0.354. The van der Waals surface area contributed by atoms with Crippen LogP contribution in [0.3, 0.4) is 0 Å². The van der Waals surface area contributed by atoms with Crippen molar-refractivity contribution in [1.29, 1.82) is 0 Å². The summed E-state index contributed by atoms with van der Waals surface area (Å²) in [5, 5.41) is 12.1. The van der Waals surface area contributed by atoms with Crippen molar-refractivity contribution in [3.63, 3.8) is 0 Å². The standard InChI is InChI=1S/C12H12N4O2/c1-17-7-11-13-12(18-16-11)6-10-8-4-2-3-5-9(8)14-15-10/h2-5H,6-7H2,1H3,(H,14,15). The largest absolute Gasteiger partial charge is 0.377 e. The van der Waals surface area contributed by atoms with E-state index in [-0.39, 0.29) is 0 Å². The second kappa shape index (κ2) is 4.58. The normalized spacial score (nSPS) is 11.2. The molecule has 0 aliphatic carbocycles. The average Bonchev–Trinajstić information content (AvgIpc) is 2.99. The molecule has 0 aliphatic rings. The number of aromatic nitrogens is 4. The summed E-state index contributed by atoms with van der Waals surface area (Å²) in [7, 11) is 1.60. The highest BCUT2D eigenvalue weighted by Gasteiger charge is 2.11. The Morgan fingerprint density at radius 3 is 3.11 bits per heavy atom. The molecule has 1 aromatic carbocycles. The number of H-pyrrole nitrogens is 1. The number of hydrogen-bond acceptors (Lipinski definition) is 5. The van der Waals surface area contributed by atoms with Crippen LogP contribution in [0.2, 0.25) is 0 Å². The Bertz CT molecular complexity index is 659. The van der Waals surface area contributed by atoms with Crippen molar-refractivity contribution < 1.29 is 9.26 Å². The summed E-state index contributed by atoms with van der Waals surface area (Å²) in [6.45, 7) is 0.354. The van der Waals surface area contributed by atoms with Crippen LogP contribution in [0.4, 0.5) is 0 Å². The first kappa shape index (κ1) is 10.9. The molecule has 3 aromatic rings. The molecule has 0 spiro atoms. The molecule has 6 nitrogen and oxygen atoms in total. The zero-order chi connectivity index (χ0) is 12.4. The van der Waals surface area contributed by atoms with E-state index < -0.39 is 0 Å². The molecule has 0 atom stereocenters. The smallest absolute Gasteiger partial charge is 0.232 e. The maximum absolute atomic E-state index is 5.15. The summed E-state index contributed by atoms with van der Waals surface area (Å²) < 4.78 is 10.1. The predicted octanol–water partition coefficient (Wildman–Crippen LogP) is 1.68. The number of methoxy groups -OCH3 is 1. The van der Waals surface area contributed by atoms with E-state index >= 15 is 0 Å². The van der Waals surface area contributed by atoms with Gasteiger partial charge in [0.05, 0.1) is 17.6 Å². The average molecular weight is 244 g/mol. The Morgan fingerprint density at radius 1 is 1.33 bits per heavy atom. The molecule has 92 valence electrons. The van der Waals surface area contributed by atoms with Gasteiger partial charge in [-0.15, -0.1) is 0 Å². The zero-order valence-electron chi connectivity index (χ0n) is 9.88. The fraction of sp³-hybridized carbons (Fsp3) is 0.250. The third kappa shape index (κ3) is 1.98. The Hall–Kier alpha value is -2.21. The molecular weight excluding hydrogens is 232 g/mol. The topological polar surface area (TPSA) is 76.8 Å². The van der Waals surface area contributed by atoms with Crippen molar-refractivity contribution in [3.05, 3.63) is 41.7 Å². The van der Waals surface area contributed by atoms with Gasteiger partial charge in [0, 0.05) is 12.5 Å². The lowest BCUT2D eigenvalue weighted by atomic mass is 10.2. The van der Waals surface area contributed by atoms with E-state index in [4.69, 9.17) is 9.26 Å². The van der Waals surface area contributed by atoms with Crippen LogP contribution in [0.15, 0.2) is 28.8 Å². The lowest BCUT2D eigenvalue weighted by Crippen LogP contribution is -1.92. The van der Waals surface area contributed by atoms with Crippen molar-refractivity contribution in [2.24, 2.45) is 0 Å². The third-order valence-corrected chi connectivity index (χ3v) is 2.65. The van der Waals surface area contributed by atoms with Crippen molar-refractivity contribution >= 4 is 10.9 Å². The fourth-order valence-corrected chi connectivity index (χ4v) is 1.85. The summed E-state index contributed by atoms with van der Waals surface area (Å²) in [5.74, 6) is 1.10. The van der Waals surface area contributed by atoms with E-state index in [2.05, 4.69) is 20.3 Å². The van der Waals surface area contributed by atoms with E-state index in [1.54, 1.807) is 7.11 Å². The van der Waals surface area contributed by atoms with Gasteiger partial charge in [0.1, 0.15) is 6.61 Å². The molecule has 6 heteroatoms. The second-order valence-electron chi connectivity index (χ2n) is 3.93. The van der Waals surface area contributed by atoms with Gasteiger partial charge in [0.15, 0.2) is 5.82 Å². The van der Waals surface area contributed by atoms with Gasteiger partial charge < -0.3 is 9.26 Å². The van der Waals surface area contributed by atoms with Crippen LogP contribution in [0.5, 0.6) is 0 Å². The summed E-state index contributed by atoms with van der Waals surface area (Å²) in [5.41, 5.74) is 1.90. The van der Waals surface area contributed by atoms with E-state index in [9.17, 15) is 0 Å². The van der Waals surface area contributed by atoms with Crippen LogP contribution in [-0.4, -0.2) is 27.4 Å². The SMILES string of the molecule is COCc1noc(Cc2[nH]nc3ccccc23)n1. The number of fused-ring (bicyclic) bond motifs is 1. The van der Waals surface area contributed by atoms with Crippen molar-refractivity contribution in [2.45, 2.75) is 13.0 Å². The Labute approximate surface area is 103 Å². The molecule has 0 unspecified atom stereocenters. The van der Waals surface area contributed by atoms with E-state index in [1.807, 2.05) is 24.3 Å². The van der Waals surface area contributed by atoms with E-state index in [1.165, 1.54) is 0 Å². The lowest BCUT2D eigenvalue weighted by Gasteiger charge is -1.92. The summed E-state index contributed by atoms with van der Waals surface area (Å²) in [4.78, 5) is 4.23. The zero-order valence-corrected chi connectivity index (χ0v) is 9.88. The maximum Gasteiger partial charge on any atom is 0.232 e. The van der Waals surface area contributed by atoms with Crippen LogP contribution < -0.4 is 0 Å². The monoisotopic (exact) mass is 244 g/mol. The quantitative estimate of drug-likeness (QED) is 0.755. The lowest BCUT2D eigenvalue weighted by molar-refractivity contribution is 0.174. The molecule has 0 saturated carbocycles. The number of ether oxygens (including phenoxy) is 1. The number of benzene rings is 1. The maximum atomic E-state index is 5.15. The Balaban J connectivity index is 1.87. The van der Waals surface area contributed by atoms with E-state index in [0.717, 1.165) is 16.6 Å². The van der Waals surface area contributed by atoms with Gasteiger partial charge in [0.25, 0.3) is 0 Å². The minimum absolute atomic E-state index is 0.354. The summed E-state index contributed by atoms with van der Waals surface area (Å²) in [6.07, 6.45) is 0.539. The molecule has 1 N–H and O–H groups in total. The molecule has 0 bridgehead atoms. The number of nitrogens with one attached hydrogen (secondary N) is 1. The molecular formula is C12H12N4O2. The van der Waals surface area contributed by atoms with Crippen molar-refractivity contribution in [1.82, 2.24) is 20.3 Å². The Morgan fingerprint density at radius 2 is 2.22 bits per heavy atom. The molecule has 3 rings (SSSR count). The van der Waals surface area contributed by atoms with Crippen molar-refractivity contribution in [3.8, 4) is 0 Å². The first-order valence-corrected chi connectivity index (χ1v) is 5.59. The molecule has 0 radical (unpaired) electrons. The molecule has 2 aromatic heterocycles. The number of rotatable bonds is 4.